The van der Waals surface area contributed by atoms with Crippen molar-refractivity contribution < 1.29 is 14.3 Å². The summed E-state index contributed by atoms with van der Waals surface area (Å²) in [5.74, 6) is 0.227. The molecule has 1 aromatic carbocycles. The molecule has 2 aliphatic rings. The summed E-state index contributed by atoms with van der Waals surface area (Å²) in [7, 11) is 1.38. The summed E-state index contributed by atoms with van der Waals surface area (Å²) in [6.07, 6.45) is 0. The first-order valence-corrected chi connectivity index (χ1v) is 10.3. The molecule has 1 unspecified atom stereocenters. The van der Waals surface area contributed by atoms with Crippen molar-refractivity contribution in [3.63, 3.8) is 0 Å². The van der Waals surface area contributed by atoms with Gasteiger partial charge in [-0.2, -0.15) is 0 Å². The second kappa shape index (κ2) is 9.41. The zero-order valence-corrected chi connectivity index (χ0v) is 17.8. The van der Waals surface area contributed by atoms with Gasteiger partial charge in [0, 0.05) is 45.0 Å². The van der Waals surface area contributed by atoms with Gasteiger partial charge in [-0.05, 0) is 18.4 Å². The lowest BCUT2D eigenvalue weighted by Gasteiger charge is -2.37. The van der Waals surface area contributed by atoms with Crippen molar-refractivity contribution in [2.24, 2.45) is 5.92 Å². The summed E-state index contributed by atoms with van der Waals surface area (Å²) in [5.41, 5.74) is 3.09. The maximum Gasteiger partial charge on any atom is 0.338 e. The Morgan fingerprint density at radius 1 is 1.14 bits per heavy atom. The van der Waals surface area contributed by atoms with Gasteiger partial charge in [-0.15, -0.1) is 0 Å². The van der Waals surface area contributed by atoms with Crippen LogP contribution in [0.5, 0.6) is 0 Å². The maximum absolute atomic E-state index is 12.7. The molecule has 7 nitrogen and oxygen atoms in total. The summed E-state index contributed by atoms with van der Waals surface area (Å²) in [6, 6.07) is 7.02. The Bertz CT molecular complexity index is 765. The Balaban J connectivity index is 1.82. The molecule has 2 N–H and O–H groups in total. The molecule has 0 bridgehead atoms. The number of carbonyl (C=O) groups is 2. The SMILES string of the molecule is COC(=O)C1=C(CN2CCN(CC(C)C)CC2)NC(=O)NC1c1ccc(C)cc1. The van der Waals surface area contributed by atoms with Gasteiger partial charge in [0.1, 0.15) is 0 Å². The van der Waals surface area contributed by atoms with Crippen LogP contribution < -0.4 is 10.6 Å². The number of carbonyl (C=O) groups excluding carboxylic acids is 2. The maximum atomic E-state index is 12.7. The second-order valence-electron chi connectivity index (χ2n) is 8.30. The summed E-state index contributed by atoms with van der Waals surface area (Å²) in [4.78, 5) is 29.8. The molecule has 29 heavy (non-hydrogen) atoms. The van der Waals surface area contributed by atoms with Crippen LogP contribution in [0.2, 0.25) is 0 Å². The van der Waals surface area contributed by atoms with Gasteiger partial charge >= 0.3 is 12.0 Å². The lowest BCUT2D eigenvalue weighted by atomic mass is 9.94. The van der Waals surface area contributed by atoms with Crippen LogP contribution in [-0.4, -0.2) is 68.2 Å². The molecule has 0 aliphatic carbocycles. The number of esters is 1. The number of nitrogens with zero attached hydrogens (tertiary/aromatic N) is 2. The number of aryl methyl sites for hydroxylation is 1. The quantitative estimate of drug-likeness (QED) is 0.715. The summed E-state index contributed by atoms with van der Waals surface area (Å²) in [6.45, 7) is 11.9. The van der Waals surface area contributed by atoms with E-state index in [1.807, 2.05) is 31.2 Å². The summed E-state index contributed by atoms with van der Waals surface area (Å²) < 4.78 is 5.07. The van der Waals surface area contributed by atoms with Crippen LogP contribution in [-0.2, 0) is 9.53 Å². The fourth-order valence-corrected chi connectivity index (χ4v) is 3.97. The fraction of sp³-hybridized carbons (Fsp3) is 0.545. The van der Waals surface area contributed by atoms with Crippen LogP contribution in [0.3, 0.4) is 0 Å². The number of nitrogens with one attached hydrogen (secondary N) is 2. The number of piperazine rings is 1. The van der Waals surface area contributed by atoms with Gasteiger partial charge in [-0.1, -0.05) is 43.7 Å². The van der Waals surface area contributed by atoms with Crippen LogP contribution in [0.15, 0.2) is 35.5 Å². The third-order valence-electron chi connectivity index (χ3n) is 5.44. The van der Waals surface area contributed by atoms with E-state index in [4.69, 9.17) is 4.74 Å². The van der Waals surface area contributed by atoms with Gasteiger partial charge < -0.3 is 20.3 Å². The molecule has 1 aromatic rings. The van der Waals surface area contributed by atoms with Crippen molar-refractivity contribution in [1.29, 1.82) is 0 Å². The van der Waals surface area contributed by atoms with Crippen LogP contribution in [0.4, 0.5) is 4.79 Å². The van der Waals surface area contributed by atoms with E-state index in [9.17, 15) is 9.59 Å². The highest BCUT2D eigenvalue weighted by molar-refractivity contribution is 5.95. The summed E-state index contributed by atoms with van der Waals surface area (Å²) >= 11 is 0. The van der Waals surface area contributed by atoms with Crippen LogP contribution in [0, 0.1) is 12.8 Å². The molecular formula is C22H32N4O3. The molecule has 0 radical (unpaired) electrons. The number of ether oxygens (including phenoxy) is 1. The number of urea groups is 1. The third-order valence-corrected chi connectivity index (χ3v) is 5.44. The average molecular weight is 401 g/mol. The van der Waals surface area contributed by atoms with Gasteiger partial charge in [-0.3, -0.25) is 4.90 Å². The van der Waals surface area contributed by atoms with E-state index in [1.54, 1.807) is 0 Å². The monoisotopic (exact) mass is 400 g/mol. The number of methoxy groups -OCH3 is 1. The standard InChI is InChI=1S/C22H32N4O3/c1-15(2)13-25-9-11-26(12-10-25)14-18-19(21(27)29-4)20(24-22(28)23-18)17-7-5-16(3)6-8-17/h5-8,15,20H,9-14H2,1-4H3,(H2,23,24,28). The van der Waals surface area contributed by atoms with E-state index in [-0.39, 0.29) is 6.03 Å². The minimum absolute atomic E-state index is 0.295. The molecule has 2 aliphatic heterocycles. The highest BCUT2D eigenvalue weighted by Crippen LogP contribution is 2.28. The van der Waals surface area contributed by atoms with Crippen molar-refractivity contribution in [1.82, 2.24) is 20.4 Å². The van der Waals surface area contributed by atoms with Crippen LogP contribution >= 0.6 is 0 Å². The zero-order valence-electron chi connectivity index (χ0n) is 17.8. The van der Waals surface area contributed by atoms with Crippen molar-refractivity contribution in [2.45, 2.75) is 26.8 Å². The smallest absolute Gasteiger partial charge is 0.338 e. The van der Waals surface area contributed by atoms with Gasteiger partial charge in [0.2, 0.25) is 0 Å². The molecular weight excluding hydrogens is 368 g/mol. The fourth-order valence-electron chi connectivity index (χ4n) is 3.97. The molecule has 158 valence electrons. The topological polar surface area (TPSA) is 73.9 Å². The van der Waals surface area contributed by atoms with Gasteiger partial charge in [0.25, 0.3) is 0 Å². The lowest BCUT2D eigenvalue weighted by Crippen LogP contribution is -2.52. The van der Waals surface area contributed by atoms with Gasteiger partial charge in [-0.25, -0.2) is 9.59 Å². The molecule has 0 aromatic heterocycles. The molecule has 7 heteroatoms. The average Bonchev–Trinajstić information content (AvgIpc) is 2.69. The lowest BCUT2D eigenvalue weighted by molar-refractivity contribution is -0.136. The predicted molar refractivity (Wildman–Crippen MR) is 112 cm³/mol. The second-order valence-corrected chi connectivity index (χ2v) is 8.30. The Hall–Kier alpha value is -2.38. The first-order valence-electron chi connectivity index (χ1n) is 10.3. The number of hydrogen-bond donors (Lipinski definition) is 2. The Kier molecular flexibility index (Phi) is 6.92. The molecule has 0 saturated carbocycles. The minimum Gasteiger partial charge on any atom is -0.466 e. The number of benzene rings is 1. The van der Waals surface area contributed by atoms with E-state index >= 15 is 0 Å². The Morgan fingerprint density at radius 2 is 1.76 bits per heavy atom. The van der Waals surface area contributed by atoms with Gasteiger partial charge in [0.05, 0.1) is 18.7 Å². The predicted octanol–water partition coefficient (Wildman–Crippen LogP) is 2.05. The van der Waals surface area contributed by atoms with Crippen LogP contribution in [0.25, 0.3) is 0 Å². The number of amides is 2. The normalized spacial score (nSPS) is 21.1. The van der Waals surface area contributed by atoms with Crippen molar-refractivity contribution in [3.8, 4) is 0 Å². The molecule has 0 spiro atoms. The molecule has 1 fully saturated rings. The minimum atomic E-state index is -0.519. The molecule has 2 amide bonds. The van der Waals surface area contributed by atoms with Crippen molar-refractivity contribution >= 4 is 12.0 Å². The first kappa shape index (κ1) is 21.3. The van der Waals surface area contributed by atoms with E-state index in [1.165, 1.54) is 7.11 Å². The molecule has 1 atom stereocenters. The van der Waals surface area contributed by atoms with E-state index < -0.39 is 12.0 Å². The van der Waals surface area contributed by atoms with Crippen molar-refractivity contribution in [2.75, 3.05) is 46.4 Å². The first-order chi connectivity index (χ1) is 13.9. The highest BCUT2D eigenvalue weighted by atomic mass is 16.5. The molecule has 3 rings (SSSR count). The highest BCUT2D eigenvalue weighted by Gasteiger charge is 2.34. The molecule has 1 saturated heterocycles. The van der Waals surface area contributed by atoms with E-state index in [0.717, 1.165) is 43.9 Å². The molecule has 2 heterocycles. The third kappa shape index (κ3) is 5.36. The summed E-state index contributed by atoms with van der Waals surface area (Å²) in [5, 5.41) is 5.73. The Morgan fingerprint density at radius 3 is 2.34 bits per heavy atom. The van der Waals surface area contributed by atoms with Gasteiger partial charge in [0.15, 0.2) is 0 Å². The van der Waals surface area contributed by atoms with Crippen LogP contribution in [0.1, 0.15) is 31.0 Å². The van der Waals surface area contributed by atoms with E-state index in [0.29, 0.717) is 23.7 Å². The van der Waals surface area contributed by atoms with Crippen molar-refractivity contribution in [3.05, 3.63) is 46.7 Å². The Labute approximate surface area is 173 Å². The number of hydrogen-bond acceptors (Lipinski definition) is 5. The van der Waals surface area contributed by atoms with E-state index in [2.05, 4.69) is 34.3 Å². The number of rotatable bonds is 6. The zero-order chi connectivity index (χ0) is 21.0. The largest absolute Gasteiger partial charge is 0.466 e.